The van der Waals surface area contributed by atoms with Crippen molar-refractivity contribution in [2.45, 2.75) is 32.4 Å². The van der Waals surface area contributed by atoms with Crippen LogP contribution in [-0.2, 0) is 6.54 Å². The molecule has 1 N–H and O–H groups in total. The molecule has 5 heteroatoms. The fourth-order valence-corrected chi connectivity index (χ4v) is 2.85. The normalized spacial score (nSPS) is 12.3. The van der Waals surface area contributed by atoms with Crippen molar-refractivity contribution >= 4 is 11.0 Å². The summed E-state index contributed by atoms with van der Waals surface area (Å²) in [6.07, 6.45) is 0.927. The Bertz CT molecular complexity index is 811. The summed E-state index contributed by atoms with van der Waals surface area (Å²) < 4.78 is 13.0. The van der Waals surface area contributed by atoms with Gasteiger partial charge >= 0.3 is 0 Å². The Hall–Kier alpha value is -2.53. The molecule has 1 atom stereocenters. The predicted octanol–water partition coefficient (Wildman–Crippen LogP) is 3.96. The van der Waals surface area contributed by atoms with E-state index in [1.807, 2.05) is 55.5 Å². The second kappa shape index (κ2) is 8.03. The number of hydrogen-bond donors (Lipinski definition) is 1. The van der Waals surface area contributed by atoms with Gasteiger partial charge in [-0.05, 0) is 49.2 Å². The third kappa shape index (κ3) is 3.94. The smallest absolute Gasteiger partial charge is 0.138 e. The summed E-state index contributed by atoms with van der Waals surface area (Å²) in [6.45, 7) is 3.31. The van der Waals surface area contributed by atoms with Crippen LogP contribution in [0.2, 0.25) is 0 Å². The Labute approximate surface area is 147 Å². The average molecular weight is 340 g/mol. The lowest BCUT2D eigenvalue weighted by Crippen LogP contribution is -2.11. The molecular formula is C20H24N2O3. The minimum atomic E-state index is -0.546. The predicted molar refractivity (Wildman–Crippen MR) is 98.1 cm³/mol. The van der Waals surface area contributed by atoms with Crippen molar-refractivity contribution in [2.75, 3.05) is 13.7 Å². The van der Waals surface area contributed by atoms with Crippen molar-refractivity contribution in [1.82, 2.24) is 9.55 Å². The van der Waals surface area contributed by atoms with Crippen molar-refractivity contribution in [3.8, 4) is 11.5 Å². The molecule has 0 fully saturated rings. The number of aliphatic hydroxyl groups excluding tert-OH is 1. The summed E-state index contributed by atoms with van der Waals surface area (Å²) in [5.74, 6) is 2.37. The number of imidazole rings is 1. The first-order chi connectivity index (χ1) is 12.2. The molecule has 0 saturated heterocycles. The number of aryl methyl sites for hydroxylation is 1. The highest BCUT2D eigenvalue weighted by Gasteiger charge is 2.16. The van der Waals surface area contributed by atoms with E-state index in [9.17, 15) is 5.11 Å². The maximum Gasteiger partial charge on any atom is 0.138 e. The number of methoxy groups -OCH3 is 1. The molecule has 0 saturated carbocycles. The van der Waals surface area contributed by atoms with Crippen molar-refractivity contribution in [3.63, 3.8) is 0 Å². The van der Waals surface area contributed by atoms with Crippen LogP contribution in [0.5, 0.6) is 11.5 Å². The van der Waals surface area contributed by atoms with Crippen LogP contribution in [0.3, 0.4) is 0 Å². The van der Waals surface area contributed by atoms with E-state index < -0.39 is 6.10 Å². The maximum absolute atomic E-state index is 10.3. The highest BCUT2D eigenvalue weighted by molar-refractivity contribution is 5.76. The van der Waals surface area contributed by atoms with E-state index in [1.165, 1.54) is 0 Å². The lowest BCUT2D eigenvalue weighted by atomic mass is 10.2. The summed E-state index contributed by atoms with van der Waals surface area (Å²) in [5, 5.41) is 10.3. The van der Waals surface area contributed by atoms with Gasteiger partial charge in [-0.2, -0.15) is 0 Å². The Morgan fingerprint density at radius 3 is 2.52 bits per heavy atom. The van der Waals surface area contributed by atoms with Gasteiger partial charge in [0.2, 0.25) is 0 Å². The molecule has 5 nitrogen and oxygen atoms in total. The van der Waals surface area contributed by atoms with E-state index in [1.54, 1.807) is 7.11 Å². The van der Waals surface area contributed by atoms with Crippen LogP contribution in [0, 0.1) is 0 Å². The average Bonchev–Trinajstić information content (AvgIpc) is 3.04. The topological polar surface area (TPSA) is 56.5 Å². The fraction of sp³-hybridized carbons (Fsp3) is 0.350. The third-order valence-electron chi connectivity index (χ3n) is 4.22. The highest BCUT2D eigenvalue weighted by atomic mass is 16.5. The molecular weight excluding hydrogens is 316 g/mol. The van der Waals surface area contributed by atoms with Gasteiger partial charge in [0.1, 0.15) is 23.4 Å². The van der Waals surface area contributed by atoms with Crippen LogP contribution in [0.25, 0.3) is 11.0 Å². The van der Waals surface area contributed by atoms with Crippen LogP contribution in [0.15, 0.2) is 48.5 Å². The lowest BCUT2D eigenvalue weighted by Gasteiger charge is -2.13. The Morgan fingerprint density at radius 1 is 1.08 bits per heavy atom. The lowest BCUT2D eigenvalue weighted by molar-refractivity contribution is 0.158. The molecule has 0 spiro atoms. The number of ether oxygens (including phenoxy) is 2. The van der Waals surface area contributed by atoms with E-state index in [0.717, 1.165) is 41.3 Å². The van der Waals surface area contributed by atoms with E-state index in [-0.39, 0.29) is 0 Å². The minimum absolute atomic E-state index is 0.546. The zero-order valence-corrected chi connectivity index (χ0v) is 14.7. The van der Waals surface area contributed by atoms with Crippen LogP contribution < -0.4 is 9.47 Å². The van der Waals surface area contributed by atoms with Gasteiger partial charge in [0.25, 0.3) is 0 Å². The molecule has 0 radical (unpaired) electrons. The van der Waals surface area contributed by atoms with E-state index >= 15 is 0 Å². The van der Waals surface area contributed by atoms with Gasteiger partial charge in [-0.3, -0.25) is 0 Å². The summed E-state index contributed by atoms with van der Waals surface area (Å²) in [7, 11) is 1.65. The van der Waals surface area contributed by atoms with Crippen molar-refractivity contribution in [2.24, 2.45) is 0 Å². The zero-order valence-electron chi connectivity index (χ0n) is 14.7. The summed E-state index contributed by atoms with van der Waals surface area (Å²) >= 11 is 0. The van der Waals surface area contributed by atoms with Crippen LogP contribution in [0.4, 0.5) is 0 Å². The summed E-state index contributed by atoms with van der Waals surface area (Å²) in [6, 6.07) is 15.5. The number of benzene rings is 2. The van der Waals surface area contributed by atoms with Gasteiger partial charge in [0.05, 0.1) is 24.8 Å². The molecule has 3 aromatic rings. The molecule has 25 heavy (non-hydrogen) atoms. The molecule has 2 aromatic carbocycles. The summed E-state index contributed by atoms with van der Waals surface area (Å²) in [5.41, 5.74) is 1.97. The molecule has 0 aliphatic rings. The second-order valence-corrected chi connectivity index (χ2v) is 5.91. The maximum atomic E-state index is 10.3. The number of hydrogen-bond acceptors (Lipinski definition) is 4. The third-order valence-corrected chi connectivity index (χ3v) is 4.22. The minimum Gasteiger partial charge on any atom is -0.497 e. The first-order valence-electron chi connectivity index (χ1n) is 8.63. The molecule has 3 rings (SSSR count). The fourth-order valence-electron chi connectivity index (χ4n) is 2.85. The molecule has 132 valence electrons. The number of fused-ring (bicyclic) bond motifs is 1. The van der Waals surface area contributed by atoms with Crippen LogP contribution in [-0.4, -0.2) is 28.4 Å². The van der Waals surface area contributed by atoms with Gasteiger partial charge in [-0.15, -0.1) is 0 Å². The van der Waals surface area contributed by atoms with Crippen LogP contribution >= 0.6 is 0 Å². The zero-order chi connectivity index (χ0) is 17.6. The number of para-hydroxylation sites is 2. The number of aliphatic hydroxyl groups is 1. The largest absolute Gasteiger partial charge is 0.497 e. The molecule has 0 amide bonds. The standard InChI is InChI=1S/C20H24N2O3/c1-3-19(23)20-21-17-7-4-5-8-18(17)22(20)13-6-14-25-16-11-9-15(24-2)10-12-16/h4-5,7-12,19,23H,3,6,13-14H2,1-2H3. The first kappa shape index (κ1) is 17.3. The Kier molecular flexibility index (Phi) is 5.56. The highest BCUT2D eigenvalue weighted by Crippen LogP contribution is 2.23. The van der Waals surface area contributed by atoms with Gasteiger partial charge < -0.3 is 19.1 Å². The number of aromatic nitrogens is 2. The van der Waals surface area contributed by atoms with Crippen molar-refractivity contribution in [3.05, 3.63) is 54.4 Å². The number of rotatable bonds is 8. The monoisotopic (exact) mass is 340 g/mol. The van der Waals surface area contributed by atoms with E-state index in [2.05, 4.69) is 9.55 Å². The molecule has 1 heterocycles. The van der Waals surface area contributed by atoms with Gasteiger partial charge in [0.15, 0.2) is 0 Å². The Morgan fingerprint density at radius 2 is 1.80 bits per heavy atom. The quantitative estimate of drug-likeness (QED) is 0.631. The van der Waals surface area contributed by atoms with E-state index in [0.29, 0.717) is 13.0 Å². The SMILES string of the molecule is CCC(O)c1nc2ccccc2n1CCCOc1ccc(OC)cc1. The molecule has 0 aliphatic heterocycles. The van der Waals surface area contributed by atoms with Gasteiger partial charge in [-0.25, -0.2) is 4.98 Å². The second-order valence-electron chi connectivity index (χ2n) is 5.91. The van der Waals surface area contributed by atoms with Crippen LogP contribution in [0.1, 0.15) is 31.7 Å². The van der Waals surface area contributed by atoms with Crippen molar-refractivity contribution < 1.29 is 14.6 Å². The van der Waals surface area contributed by atoms with Crippen molar-refractivity contribution in [1.29, 1.82) is 0 Å². The van der Waals surface area contributed by atoms with Gasteiger partial charge in [-0.1, -0.05) is 19.1 Å². The van der Waals surface area contributed by atoms with E-state index in [4.69, 9.17) is 9.47 Å². The number of nitrogens with zero attached hydrogens (tertiary/aromatic N) is 2. The molecule has 1 unspecified atom stereocenters. The summed E-state index contributed by atoms with van der Waals surface area (Å²) in [4.78, 5) is 4.60. The van der Waals surface area contributed by atoms with Gasteiger partial charge in [0, 0.05) is 6.54 Å². The molecule has 0 aliphatic carbocycles. The molecule has 0 bridgehead atoms. The first-order valence-corrected chi connectivity index (χ1v) is 8.63. The molecule has 1 aromatic heterocycles. The Balaban J connectivity index is 1.65.